The van der Waals surface area contributed by atoms with Crippen LogP contribution in [-0.4, -0.2) is 23.5 Å². The van der Waals surface area contributed by atoms with E-state index in [2.05, 4.69) is 5.32 Å². The van der Waals surface area contributed by atoms with Crippen LogP contribution in [0.4, 0.5) is 13.2 Å². The topological polar surface area (TPSA) is 72.2 Å². The molecule has 1 aliphatic rings. The predicted octanol–water partition coefficient (Wildman–Crippen LogP) is 2.97. The standard InChI is InChI=1S/C19H17F3N2O2S/c20-12-7-14(21)13(15(22)8-12)9-24-19(26)10-1-2-17-11(5-10)6-16(25)18(27-17)3-4-23/h1-2,5,7-8,18H,3-4,6,9,23H2,(H,24,26). The number of carbonyl (C=O) groups excluding carboxylic acids is 2. The fourth-order valence-electron chi connectivity index (χ4n) is 2.88. The highest BCUT2D eigenvalue weighted by Crippen LogP contribution is 2.35. The van der Waals surface area contributed by atoms with Gasteiger partial charge in [-0.3, -0.25) is 9.59 Å². The minimum atomic E-state index is -1.06. The highest BCUT2D eigenvalue weighted by Gasteiger charge is 2.27. The molecular formula is C19H17F3N2O2S. The van der Waals surface area contributed by atoms with Crippen molar-refractivity contribution in [2.75, 3.05) is 6.54 Å². The number of amides is 1. The van der Waals surface area contributed by atoms with E-state index in [-0.39, 0.29) is 23.0 Å². The molecule has 2 aromatic carbocycles. The van der Waals surface area contributed by atoms with Crippen LogP contribution in [0.2, 0.25) is 0 Å². The van der Waals surface area contributed by atoms with Crippen molar-refractivity contribution in [1.29, 1.82) is 0 Å². The number of nitrogens with one attached hydrogen (secondary N) is 1. The Kier molecular flexibility index (Phi) is 5.86. The predicted molar refractivity (Wildman–Crippen MR) is 96.0 cm³/mol. The van der Waals surface area contributed by atoms with Crippen LogP contribution >= 0.6 is 11.8 Å². The fraction of sp³-hybridized carbons (Fsp3) is 0.263. The van der Waals surface area contributed by atoms with Crippen molar-refractivity contribution in [3.63, 3.8) is 0 Å². The van der Waals surface area contributed by atoms with E-state index >= 15 is 0 Å². The molecule has 0 aromatic heterocycles. The van der Waals surface area contributed by atoms with Crippen molar-refractivity contribution in [1.82, 2.24) is 5.32 Å². The Morgan fingerprint density at radius 1 is 1.19 bits per heavy atom. The van der Waals surface area contributed by atoms with Crippen molar-refractivity contribution in [2.24, 2.45) is 5.73 Å². The van der Waals surface area contributed by atoms with E-state index in [0.29, 0.717) is 25.1 Å². The SMILES string of the molecule is NCCC1Sc2ccc(C(=O)NCc3c(F)cc(F)cc3F)cc2CC1=O. The Hall–Kier alpha value is -2.32. The summed E-state index contributed by atoms with van der Waals surface area (Å²) in [7, 11) is 0. The Morgan fingerprint density at radius 3 is 2.56 bits per heavy atom. The van der Waals surface area contributed by atoms with Gasteiger partial charge < -0.3 is 11.1 Å². The van der Waals surface area contributed by atoms with Gasteiger partial charge in [-0.2, -0.15) is 0 Å². The van der Waals surface area contributed by atoms with Gasteiger partial charge in [-0.1, -0.05) is 0 Å². The second-order valence-corrected chi connectivity index (χ2v) is 7.42. The summed E-state index contributed by atoms with van der Waals surface area (Å²) in [6.45, 7) is 0.00978. The number of nitrogens with two attached hydrogens (primary N) is 1. The Labute approximate surface area is 158 Å². The van der Waals surface area contributed by atoms with Gasteiger partial charge >= 0.3 is 0 Å². The fourth-order valence-corrected chi connectivity index (χ4v) is 4.08. The van der Waals surface area contributed by atoms with E-state index in [9.17, 15) is 22.8 Å². The zero-order chi connectivity index (χ0) is 19.6. The van der Waals surface area contributed by atoms with Gasteiger partial charge in [0.15, 0.2) is 5.78 Å². The summed E-state index contributed by atoms with van der Waals surface area (Å²) in [5.74, 6) is -3.63. The average molecular weight is 394 g/mol. The van der Waals surface area contributed by atoms with Crippen molar-refractivity contribution in [2.45, 2.75) is 29.5 Å². The van der Waals surface area contributed by atoms with Crippen molar-refractivity contribution >= 4 is 23.5 Å². The number of thioether (sulfide) groups is 1. The monoisotopic (exact) mass is 394 g/mol. The van der Waals surface area contributed by atoms with Gasteiger partial charge in [-0.05, 0) is 36.7 Å². The summed E-state index contributed by atoms with van der Waals surface area (Å²) in [5, 5.41) is 2.24. The third kappa shape index (κ3) is 4.33. The molecule has 0 spiro atoms. The maximum atomic E-state index is 13.7. The molecule has 8 heteroatoms. The highest BCUT2D eigenvalue weighted by molar-refractivity contribution is 8.00. The molecule has 1 amide bonds. The zero-order valence-electron chi connectivity index (χ0n) is 14.2. The van der Waals surface area contributed by atoms with Crippen LogP contribution < -0.4 is 11.1 Å². The number of hydrogen-bond donors (Lipinski definition) is 2. The van der Waals surface area contributed by atoms with Gasteiger partial charge in [0.05, 0.1) is 5.25 Å². The van der Waals surface area contributed by atoms with Gasteiger partial charge in [-0.25, -0.2) is 13.2 Å². The first-order valence-electron chi connectivity index (χ1n) is 8.33. The molecule has 1 unspecified atom stereocenters. The molecule has 0 saturated carbocycles. The van der Waals surface area contributed by atoms with E-state index in [1.54, 1.807) is 18.2 Å². The van der Waals surface area contributed by atoms with Crippen LogP contribution in [0.15, 0.2) is 35.2 Å². The number of halogens is 3. The summed E-state index contributed by atoms with van der Waals surface area (Å²) in [5.41, 5.74) is 6.13. The molecule has 0 bridgehead atoms. The molecule has 0 saturated heterocycles. The molecule has 1 heterocycles. The Bertz CT molecular complexity index is 882. The minimum absolute atomic E-state index is 0.0611. The maximum absolute atomic E-state index is 13.7. The molecule has 2 aromatic rings. The van der Waals surface area contributed by atoms with Crippen LogP contribution in [0, 0.1) is 17.5 Å². The number of ketones is 1. The van der Waals surface area contributed by atoms with Gasteiger partial charge in [0, 0.05) is 41.1 Å². The van der Waals surface area contributed by atoms with Crippen LogP contribution in [0.3, 0.4) is 0 Å². The van der Waals surface area contributed by atoms with Crippen LogP contribution in [0.5, 0.6) is 0 Å². The van der Waals surface area contributed by atoms with Crippen LogP contribution in [0.25, 0.3) is 0 Å². The Balaban J connectivity index is 1.72. The molecule has 0 fully saturated rings. The summed E-state index contributed by atoms with van der Waals surface area (Å²) in [6, 6.07) is 6.07. The third-order valence-electron chi connectivity index (χ3n) is 4.28. The number of hydrogen-bond acceptors (Lipinski definition) is 4. The molecule has 3 rings (SSSR count). The number of fused-ring (bicyclic) bond motifs is 1. The number of Topliss-reactive ketones (excluding diaryl/α,β-unsaturated/α-hetero) is 1. The summed E-state index contributed by atoms with van der Waals surface area (Å²) in [6.07, 6.45) is 0.815. The van der Waals surface area contributed by atoms with Crippen molar-refractivity contribution < 1.29 is 22.8 Å². The quantitative estimate of drug-likeness (QED) is 0.818. The van der Waals surface area contributed by atoms with Crippen LogP contribution in [0.1, 0.15) is 27.9 Å². The van der Waals surface area contributed by atoms with Gasteiger partial charge in [0.2, 0.25) is 0 Å². The van der Waals surface area contributed by atoms with Crippen LogP contribution in [-0.2, 0) is 17.8 Å². The Morgan fingerprint density at radius 2 is 1.89 bits per heavy atom. The molecule has 0 radical (unpaired) electrons. The number of carbonyl (C=O) groups is 2. The van der Waals surface area contributed by atoms with Crippen molar-refractivity contribution in [3.05, 3.63) is 64.5 Å². The molecule has 142 valence electrons. The number of benzene rings is 2. The first-order chi connectivity index (χ1) is 12.9. The normalized spacial score (nSPS) is 16.1. The zero-order valence-corrected chi connectivity index (χ0v) is 15.0. The molecule has 0 aliphatic carbocycles. The molecule has 3 N–H and O–H groups in total. The van der Waals surface area contributed by atoms with Gasteiger partial charge in [0.1, 0.15) is 17.5 Å². The first-order valence-corrected chi connectivity index (χ1v) is 9.21. The lowest BCUT2D eigenvalue weighted by Crippen LogP contribution is -2.27. The lowest BCUT2D eigenvalue weighted by atomic mass is 10.0. The third-order valence-corrected chi connectivity index (χ3v) is 5.71. The lowest BCUT2D eigenvalue weighted by molar-refractivity contribution is -0.118. The number of rotatable bonds is 5. The second-order valence-electron chi connectivity index (χ2n) is 6.18. The maximum Gasteiger partial charge on any atom is 0.251 e. The minimum Gasteiger partial charge on any atom is -0.348 e. The molecule has 1 aliphatic heterocycles. The van der Waals surface area contributed by atoms with Gasteiger partial charge in [-0.15, -0.1) is 11.8 Å². The molecule has 27 heavy (non-hydrogen) atoms. The second kappa shape index (κ2) is 8.14. The molecular weight excluding hydrogens is 377 g/mol. The summed E-state index contributed by atoms with van der Waals surface area (Å²) >= 11 is 1.43. The first kappa shape index (κ1) is 19.4. The highest BCUT2D eigenvalue weighted by atomic mass is 32.2. The largest absolute Gasteiger partial charge is 0.348 e. The molecule has 4 nitrogen and oxygen atoms in total. The summed E-state index contributed by atoms with van der Waals surface area (Å²) < 4.78 is 40.2. The van der Waals surface area contributed by atoms with Crippen molar-refractivity contribution in [3.8, 4) is 0 Å². The average Bonchev–Trinajstić information content (AvgIpc) is 2.61. The van der Waals surface area contributed by atoms with E-state index in [1.165, 1.54) is 11.8 Å². The summed E-state index contributed by atoms with van der Waals surface area (Å²) in [4.78, 5) is 25.4. The van der Waals surface area contributed by atoms with E-state index < -0.39 is 35.5 Å². The lowest BCUT2D eigenvalue weighted by Gasteiger charge is -2.23. The van der Waals surface area contributed by atoms with E-state index in [4.69, 9.17) is 5.73 Å². The molecule has 1 atom stereocenters. The van der Waals surface area contributed by atoms with E-state index in [0.717, 1.165) is 10.5 Å². The van der Waals surface area contributed by atoms with Gasteiger partial charge in [0.25, 0.3) is 5.91 Å². The smallest absolute Gasteiger partial charge is 0.251 e. The van der Waals surface area contributed by atoms with E-state index in [1.807, 2.05) is 0 Å².